The molecule has 6 aliphatic rings. The highest BCUT2D eigenvalue weighted by Gasteiger charge is 2.54. The van der Waals surface area contributed by atoms with E-state index in [1.807, 2.05) is 4.90 Å². The van der Waals surface area contributed by atoms with Crippen molar-refractivity contribution in [2.75, 3.05) is 26.2 Å². The minimum absolute atomic E-state index is 0.118. The monoisotopic (exact) mass is 374 g/mol. The average molecular weight is 375 g/mol. The first-order valence-electron chi connectivity index (χ1n) is 11.3. The molecule has 5 saturated carbocycles. The van der Waals surface area contributed by atoms with Crippen LogP contribution in [0.1, 0.15) is 64.2 Å². The molecule has 5 nitrogen and oxygen atoms in total. The van der Waals surface area contributed by atoms with Crippen LogP contribution in [0, 0.1) is 29.6 Å². The Morgan fingerprint density at radius 3 is 1.81 bits per heavy atom. The van der Waals surface area contributed by atoms with E-state index in [0.717, 1.165) is 63.2 Å². The lowest BCUT2D eigenvalue weighted by Gasteiger charge is -2.61. The molecule has 1 aliphatic heterocycles. The molecule has 1 amide bonds. The number of rotatable bonds is 3. The summed E-state index contributed by atoms with van der Waals surface area (Å²) < 4.78 is 0. The zero-order valence-corrected chi connectivity index (χ0v) is 16.4. The van der Waals surface area contributed by atoms with Gasteiger partial charge in [0, 0.05) is 31.7 Å². The number of hydrogen-bond acceptors (Lipinski definition) is 3. The zero-order chi connectivity index (χ0) is 18.6. The predicted octanol–water partition coefficient (Wildman–Crippen LogP) is 2.99. The SMILES string of the molecule is O=C(O)[C@@H]1CCCC[C@@H]1C(=O)N1CCN(C23CC4CC(CC(C4)C2)C3)CC1. The lowest BCUT2D eigenvalue weighted by Crippen LogP contribution is -2.64. The average Bonchev–Trinajstić information content (AvgIpc) is 2.66. The van der Waals surface area contributed by atoms with Gasteiger partial charge in [-0.2, -0.15) is 0 Å². The van der Waals surface area contributed by atoms with Gasteiger partial charge in [0.05, 0.1) is 11.8 Å². The van der Waals surface area contributed by atoms with Gasteiger partial charge in [-0.05, 0) is 69.1 Å². The normalized spacial score (nSPS) is 44.4. The maximum absolute atomic E-state index is 13.1. The highest BCUT2D eigenvalue weighted by Crippen LogP contribution is 2.57. The molecule has 4 bridgehead atoms. The summed E-state index contributed by atoms with van der Waals surface area (Å²) in [6, 6.07) is 0. The Kier molecular flexibility index (Phi) is 4.49. The molecule has 150 valence electrons. The van der Waals surface area contributed by atoms with Crippen LogP contribution in [-0.2, 0) is 9.59 Å². The van der Waals surface area contributed by atoms with Gasteiger partial charge in [0.15, 0.2) is 0 Å². The molecule has 0 radical (unpaired) electrons. The summed E-state index contributed by atoms with van der Waals surface area (Å²) in [5.41, 5.74) is 0.429. The van der Waals surface area contributed by atoms with Crippen molar-refractivity contribution in [2.24, 2.45) is 29.6 Å². The van der Waals surface area contributed by atoms with Crippen molar-refractivity contribution in [1.82, 2.24) is 9.80 Å². The van der Waals surface area contributed by atoms with E-state index < -0.39 is 11.9 Å². The third-order valence-electron chi connectivity index (χ3n) is 8.67. The lowest BCUT2D eigenvalue weighted by atomic mass is 9.52. The number of carboxylic acids is 1. The van der Waals surface area contributed by atoms with E-state index in [-0.39, 0.29) is 11.8 Å². The lowest BCUT2D eigenvalue weighted by molar-refractivity contribution is -0.154. The van der Waals surface area contributed by atoms with E-state index in [1.165, 1.54) is 38.5 Å². The third-order valence-corrected chi connectivity index (χ3v) is 8.67. The van der Waals surface area contributed by atoms with Gasteiger partial charge in [-0.15, -0.1) is 0 Å². The molecular weight excluding hydrogens is 340 g/mol. The third kappa shape index (κ3) is 3.10. The molecule has 6 rings (SSSR count). The molecule has 0 aromatic heterocycles. The molecule has 1 saturated heterocycles. The first kappa shape index (κ1) is 18.0. The van der Waals surface area contributed by atoms with Crippen molar-refractivity contribution in [3.05, 3.63) is 0 Å². The first-order chi connectivity index (χ1) is 13.0. The molecule has 6 fully saturated rings. The topological polar surface area (TPSA) is 60.9 Å². The van der Waals surface area contributed by atoms with Crippen LogP contribution >= 0.6 is 0 Å². The van der Waals surface area contributed by atoms with Crippen molar-refractivity contribution in [3.8, 4) is 0 Å². The number of carboxylic acid groups (broad SMARTS) is 1. The Morgan fingerprint density at radius 2 is 1.30 bits per heavy atom. The Balaban J connectivity index is 1.23. The van der Waals surface area contributed by atoms with Gasteiger partial charge in [-0.3, -0.25) is 14.5 Å². The first-order valence-corrected chi connectivity index (χ1v) is 11.3. The summed E-state index contributed by atoms with van der Waals surface area (Å²) >= 11 is 0. The standard InChI is InChI=1S/C22H34N2O3/c25-20(18-3-1-2-4-19(18)21(26)27)23-5-7-24(8-6-23)22-12-15-9-16(13-22)11-17(10-15)14-22/h15-19H,1-14H2,(H,26,27)/t15?,16?,17?,18-,19+,22?/m0/s1. The number of nitrogens with zero attached hydrogens (tertiary/aromatic N) is 2. The molecular formula is C22H34N2O3. The second-order valence-electron chi connectivity index (χ2n) is 10.3. The molecule has 27 heavy (non-hydrogen) atoms. The van der Waals surface area contributed by atoms with E-state index in [0.29, 0.717) is 12.0 Å². The molecule has 5 heteroatoms. The number of piperazine rings is 1. The Bertz CT molecular complexity index is 575. The number of aliphatic carboxylic acids is 1. The van der Waals surface area contributed by atoms with Crippen molar-refractivity contribution < 1.29 is 14.7 Å². The molecule has 0 aromatic carbocycles. The summed E-state index contributed by atoms with van der Waals surface area (Å²) in [4.78, 5) is 29.4. The number of carbonyl (C=O) groups is 2. The Hall–Kier alpha value is -1.10. The smallest absolute Gasteiger partial charge is 0.307 e. The van der Waals surface area contributed by atoms with Crippen molar-refractivity contribution in [1.29, 1.82) is 0 Å². The van der Waals surface area contributed by atoms with E-state index in [4.69, 9.17) is 0 Å². The quantitative estimate of drug-likeness (QED) is 0.825. The van der Waals surface area contributed by atoms with Gasteiger partial charge >= 0.3 is 5.97 Å². The maximum atomic E-state index is 13.1. The van der Waals surface area contributed by atoms with Crippen LogP contribution in [0.15, 0.2) is 0 Å². The largest absolute Gasteiger partial charge is 0.481 e. The summed E-state index contributed by atoms with van der Waals surface area (Å²) in [6.45, 7) is 3.57. The summed E-state index contributed by atoms with van der Waals surface area (Å²) in [6.07, 6.45) is 11.9. The second-order valence-corrected chi connectivity index (χ2v) is 10.3. The number of hydrogen-bond donors (Lipinski definition) is 1. The molecule has 0 spiro atoms. The van der Waals surface area contributed by atoms with Crippen LogP contribution in [0.2, 0.25) is 0 Å². The van der Waals surface area contributed by atoms with Crippen molar-refractivity contribution in [3.63, 3.8) is 0 Å². The minimum atomic E-state index is -0.778. The molecule has 0 aromatic rings. The van der Waals surface area contributed by atoms with Crippen LogP contribution in [0.4, 0.5) is 0 Å². The summed E-state index contributed by atoms with van der Waals surface area (Å²) in [5, 5.41) is 9.52. The zero-order valence-electron chi connectivity index (χ0n) is 16.4. The fourth-order valence-electron chi connectivity index (χ4n) is 7.81. The van der Waals surface area contributed by atoms with E-state index >= 15 is 0 Å². The number of carbonyl (C=O) groups excluding carboxylic acids is 1. The van der Waals surface area contributed by atoms with Crippen LogP contribution < -0.4 is 0 Å². The Labute approximate surface area is 162 Å². The van der Waals surface area contributed by atoms with Crippen molar-refractivity contribution in [2.45, 2.75) is 69.7 Å². The molecule has 1 heterocycles. The van der Waals surface area contributed by atoms with E-state index in [1.54, 1.807) is 0 Å². The van der Waals surface area contributed by atoms with Gasteiger partial charge in [-0.1, -0.05) is 12.8 Å². The molecule has 1 N–H and O–H groups in total. The van der Waals surface area contributed by atoms with Crippen LogP contribution in [-0.4, -0.2) is 58.5 Å². The molecule has 2 atom stereocenters. The van der Waals surface area contributed by atoms with Gasteiger partial charge in [0.2, 0.25) is 5.91 Å². The predicted molar refractivity (Wildman–Crippen MR) is 102 cm³/mol. The highest BCUT2D eigenvalue weighted by molar-refractivity contribution is 5.85. The van der Waals surface area contributed by atoms with Gasteiger partial charge < -0.3 is 10.0 Å². The van der Waals surface area contributed by atoms with Gasteiger partial charge in [0.1, 0.15) is 0 Å². The van der Waals surface area contributed by atoms with E-state index in [9.17, 15) is 14.7 Å². The van der Waals surface area contributed by atoms with E-state index in [2.05, 4.69) is 4.90 Å². The molecule has 0 unspecified atom stereocenters. The minimum Gasteiger partial charge on any atom is -0.481 e. The van der Waals surface area contributed by atoms with Gasteiger partial charge in [-0.25, -0.2) is 0 Å². The van der Waals surface area contributed by atoms with Gasteiger partial charge in [0.25, 0.3) is 0 Å². The van der Waals surface area contributed by atoms with Crippen LogP contribution in [0.25, 0.3) is 0 Å². The molecule has 5 aliphatic carbocycles. The second kappa shape index (κ2) is 6.75. The summed E-state index contributed by atoms with van der Waals surface area (Å²) in [7, 11) is 0. The van der Waals surface area contributed by atoms with Crippen LogP contribution in [0.5, 0.6) is 0 Å². The van der Waals surface area contributed by atoms with Crippen LogP contribution in [0.3, 0.4) is 0 Å². The summed E-state index contributed by atoms with van der Waals surface area (Å²) in [5.74, 6) is 1.45. The Morgan fingerprint density at radius 1 is 0.778 bits per heavy atom. The number of amides is 1. The van der Waals surface area contributed by atoms with Crippen molar-refractivity contribution >= 4 is 11.9 Å². The fourth-order valence-corrected chi connectivity index (χ4v) is 7.81. The fraction of sp³-hybridized carbons (Fsp3) is 0.909. The highest BCUT2D eigenvalue weighted by atomic mass is 16.4. The maximum Gasteiger partial charge on any atom is 0.307 e.